The van der Waals surface area contributed by atoms with Gasteiger partial charge < -0.3 is 0 Å². The second-order valence-electron chi connectivity index (χ2n) is 14.7. The van der Waals surface area contributed by atoms with E-state index in [0.29, 0.717) is 50.5 Å². The van der Waals surface area contributed by atoms with Crippen LogP contribution in [0.3, 0.4) is 0 Å². The third-order valence-corrected chi connectivity index (χ3v) is 10.8. The first-order valence-corrected chi connectivity index (χ1v) is 20.0. The molecule has 0 saturated carbocycles. The maximum atomic E-state index is 9.62. The van der Waals surface area contributed by atoms with E-state index in [9.17, 15) is 11.0 Å². The molecule has 0 radical (unpaired) electrons. The Kier molecular flexibility index (Phi) is 7.37. The van der Waals surface area contributed by atoms with Gasteiger partial charge in [0, 0.05) is 63.2 Å². The minimum absolute atomic E-state index is 0.0228. The highest BCUT2D eigenvalue weighted by molar-refractivity contribution is 6.12. The Morgan fingerprint density at radius 2 is 1.00 bits per heavy atom. The first-order valence-electron chi connectivity index (χ1n) is 24.0. The zero-order valence-electron chi connectivity index (χ0n) is 40.7. The number of aryl methyl sites for hydroxylation is 4. The van der Waals surface area contributed by atoms with Crippen molar-refractivity contribution in [2.45, 2.75) is 25.5 Å². The molecule has 11 aromatic rings. The first-order chi connectivity index (χ1) is 33.2. The van der Waals surface area contributed by atoms with Gasteiger partial charge in [0.2, 0.25) is 0 Å². The van der Waals surface area contributed by atoms with Crippen LogP contribution >= 0.6 is 0 Å². The zero-order chi connectivity index (χ0) is 47.7. The molecule has 0 aliphatic carbocycles. The van der Waals surface area contributed by atoms with E-state index in [1.165, 1.54) is 42.7 Å². The average Bonchev–Trinajstić information content (AvgIpc) is 3.79. The van der Waals surface area contributed by atoms with Gasteiger partial charge in [-0.1, -0.05) is 127 Å². The third kappa shape index (κ3) is 7.08. The van der Waals surface area contributed by atoms with Crippen LogP contribution in [0.15, 0.2) is 195 Å². The molecule has 5 aromatic carbocycles. The fourth-order valence-electron chi connectivity index (χ4n) is 7.88. The lowest BCUT2D eigenvalue weighted by atomic mass is 9.90. The summed E-state index contributed by atoms with van der Waals surface area (Å²) in [4.78, 5) is 23.8. The first kappa shape index (κ1) is 28.6. The number of imidazole rings is 1. The Hall–Kier alpha value is -7.83. The van der Waals surface area contributed by atoms with Crippen LogP contribution in [0, 0.1) is 0 Å². The number of benzene rings is 5. The summed E-state index contributed by atoms with van der Waals surface area (Å²) < 4.78 is 78.1. The summed E-state index contributed by atoms with van der Waals surface area (Å²) in [5.41, 5.74) is 8.41. The van der Waals surface area contributed by atoms with Gasteiger partial charge >= 0.3 is 0 Å². The Morgan fingerprint density at radius 1 is 0.410 bits per heavy atom. The molecule has 11 rings (SSSR count). The van der Waals surface area contributed by atoms with Crippen molar-refractivity contribution in [1.82, 2.24) is 29.3 Å². The molecule has 0 bridgehead atoms. The number of fused-ring (bicyclic) bond motifs is 8. The number of hydrogen-bond acceptors (Lipinski definition) is 5. The molecule has 6 heterocycles. The molecule has 6 heteroatoms. The van der Waals surface area contributed by atoms with Crippen LogP contribution in [0.4, 0.5) is 0 Å². The number of rotatable bonds is 10. The van der Waals surface area contributed by atoms with Crippen LogP contribution < -0.4 is 0 Å². The number of pyridine rings is 5. The minimum Gasteiger partial charge on any atom is -0.276 e. The summed E-state index contributed by atoms with van der Waals surface area (Å²) >= 11 is 0. The number of nitrogens with zero attached hydrogens (tertiary/aromatic N) is 6. The summed E-state index contributed by atoms with van der Waals surface area (Å²) in [5.74, 6) is 0. The van der Waals surface area contributed by atoms with Crippen LogP contribution in [0.2, 0.25) is 0 Å². The fraction of sp³-hybridized carbons (Fsp3) is 0.0727. The van der Waals surface area contributed by atoms with Crippen molar-refractivity contribution in [2.24, 2.45) is 0 Å². The van der Waals surface area contributed by atoms with Gasteiger partial charge in [-0.25, -0.2) is 9.97 Å². The summed E-state index contributed by atoms with van der Waals surface area (Å²) in [6.07, 6.45) is -4.86. The van der Waals surface area contributed by atoms with Crippen molar-refractivity contribution in [1.29, 1.82) is 0 Å². The molecule has 290 valence electrons. The van der Waals surface area contributed by atoms with E-state index in [1.807, 2.05) is 132 Å². The molecular weight excluding hydrogens is 745 g/mol. The van der Waals surface area contributed by atoms with E-state index in [2.05, 4.69) is 9.97 Å². The van der Waals surface area contributed by atoms with Gasteiger partial charge in [-0.2, -0.15) is 0 Å². The molecule has 0 N–H and O–H groups in total. The SMILES string of the molecule is [2H]C([2H])(c1ccc(-c2ccccc2)nc1)C([2H])([2H])c1cc(-c2ccccc2-c2cnc3c4cccnc4n4c5ccccc5nc4c3c2)cc(C([2H])([2H])C([2H])([2H])c2ccc(-c3ccccc3)nc2)c1. The van der Waals surface area contributed by atoms with Gasteiger partial charge in [0.15, 0.2) is 0 Å². The Morgan fingerprint density at radius 3 is 1.64 bits per heavy atom. The van der Waals surface area contributed by atoms with E-state index >= 15 is 0 Å². The maximum absolute atomic E-state index is 9.62. The molecule has 6 aromatic heterocycles. The molecular formula is C55H40N6. The molecule has 0 fully saturated rings. The van der Waals surface area contributed by atoms with Crippen molar-refractivity contribution < 1.29 is 11.0 Å². The third-order valence-electron chi connectivity index (χ3n) is 10.8. The molecule has 0 atom stereocenters. The smallest absolute Gasteiger partial charge is 0.149 e. The fourth-order valence-corrected chi connectivity index (χ4v) is 7.88. The topological polar surface area (TPSA) is 68.9 Å². The molecule has 6 nitrogen and oxygen atoms in total. The predicted octanol–water partition coefficient (Wildman–Crippen LogP) is 12.6. The monoisotopic (exact) mass is 792 g/mol. The Bertz CT molecular complexity index is 3610. The van der Waals surface area contributed by atoms with Crippen LogP contribution in [0.5, 0.6) is 0 Å². The highest BCUT2D eigenvalue weighted by atomic mass is 15.1. The molecule has 61 heavy (non-hydrogen) atoms. The van der Waals surface area contributed by atoms with Crippen LogP contribution in [0.25, 0.3) is 83.4 Å². The summed E-state index contributed by atoms with van der Waals surface area (Å²) in [7, 11) is 0. The van der Waals surface area contributed by atoms with E-state index in [1.54, 1.807) is 24.5 Å². The molecule has 0 aliphatic rings. The summed E-state index contributed by atoms with van der Waals surface area (Å²) in [5, 5.41) is 1.60. The van der Waals surface area contributed by atoms with Gasteiger partial charge in [0.05, 0.1) is 27.9 Å². The lowest BCUT2D eigenvalue weighted by Gasteiger charge is -2.15. The summed E-state index contributed by atoms with van der Waals surface area (Å²) in [6.45, 7) is 0. The van der Waals surface area contributed by atoms with E-state index in [4.69, 9.17) is 15.0 Å². The Labute approximate surface area is 365 Å². The average molecular weight is 793 g/mol. The van der Waals surface area contributed by atoms with Gasteiger partial charge in [-0.15, -0.1) is 0 Å². The predicted molar refractivity (Wildman–Crippen MR) is 248 cm³/mol. The van der Waals surface area contributed by atoms with Crippen LogP contribution in [-0.2, 0) is 25.5 Å². The minimum atomic E-state index is -2.81. The van der Waals surface area contributed by atoms with Crippen molar-refractivity contribution >= 4 is 38.6 Å². The second-order valence-corrected chi connectivity index (χ2v) is 14.7. The normalized spacial score (nSPS) is 14.4. The van der Waals surface area contributed by atoms with Crippen LogP contribution in [-0.4, -0.2) is 29.3 Å². The van der Waals surface area contributed by atoms with E-state index in [-0.39, 0.29) is 22.3 Å². The quantitative estimate of drug-likeness (QED) is 0.129. The zero-order valence-corrected chi connectivity index (χ0v) is 32.7. The standard InChI is InChI=1S/C55H40N6/c1-3-12-41(13-4-1)49-27-25-37(34-57-49)21-23-39-30-40(24-22-38-26-28-50(58-35-38)42-14-5-2-6-15-42)32-43(31-39)45-16-7-8-17-46(45)44-33-48-53(59-36-44)47-18-11-29-56-54(47)61-52-20-10-9-19-51(52)60-55(48)61/h1-20,25-36H,21-24H2/i21D2,22D2,23D2,24D2. The van der Waals surface area contributed by atoms with Crippen LogP contribution in [0.1, 0.15) is 33.2 Å². The lowest BCUT2D eigenvalue weighted by Crippen LogP contribution is -1.99. The van der Waals surface area contributed by atoms with Crippen molar-refractivity contribution in [2.75, 3.05) is 0 Å². The molecule has 0 unspecified atom stereocenters. The van der Waals surface area contributed by atoms with Crippen molar-refractivity contribution in [3.63, 3.8) is 0 Å². The highest BCUT2D eigenvalue weighted by Crippen LogP contribution is 2.37. The van der Waals surface area contributed by atoms with Crippen molar-refractivity contribution in [3.05, 3.63) is 217 Å². The second kappa shape index (κ2) is 15.7. The number of para-hydroxylation sites is 2. The van der Waals surface area contributed by atoms with Gasteiger partial charge in [0.1, 0.15) is 11.3 Å². The number of hydrogen-bond donors (Lipinski definition) is 0. The molecule has 0 saturated heterocycles. The van der Waals surface area contributed by atoms with Gasteiger partial charge in [-0.3, -0.25) is 19.4 Å². The molecule has 0 spiro atoms. The van der Waals surface area contributed by atoms with Gasteiger partial charge in [-0.05, 0) is 107 Å². The lowest BCUT2D eigenvalue weighted by molar-refractivity contribution is 0.923. The largest absolute Gasteiger partial charge is 0.276 e. The molecule has 0 amide bonds. The summed E-state index contributed by atoms with van der Waals surface area (Å²) in [6, 6.07) is 50.6. The van der Waals surface area contributed by atoms with E-state index in [0.717, 1.165) is 32.9 Å². The Balaban J connectivity index is 1.08. The highest BCUT2D eigenvalue weighted by Gasteiger charge is 2.18. The van der Waals surface area contributed by atoms with Gasteiger partial charge in [0.25, 0.3) is 0 Å². The van der Waals surface area contributed by atoms with Crippen molar-refractivity contribution in [3.8, 4) is 44.8 Å². The molecule has 0 aliphatic heterocycles. The van der Waals surface area contributed by atoms with E-state index < -0.39 is 25.5 Å². The number of aromatic nitrogens is 6. The maximum Gasteiger partial charge on any atom is 0.149 e.